The lowest BCUT2D eigenvalue weighted by Crippen LogP contribution is -2.11. The number of rotatable bonds is 9. The topological polar surface area (TPSA) is 15.3 Å². The first kappa shape index (κ1) is 38.5. The van der Waals surface area contributed by atoms with Crippen molar-refractivity contribution >= 4 is 44.3 Å². The Labute approximate surface area is 349 Å². The quantitative estimate of drug-likeness (QED) is 0.116. The summed E-state index contributed by atoms with van der Waals surface area (Å²) < 4.78 is 0. The fourth-order valence-corrected chi connectivity index (χ4v) is 7.90. The van der Waals surface area contributed by atoms with Crippen molar-refractivity contribution in [2.45, 2.75) is 20.8 Å². The molecular weight excluding hydrogens is 713 g/mol. The maximum absolute atomic E-state index is 3.70. The van der Waals surface area contributed by atoms with Crippen molar-refractivity contribution in [2.24, 2.45) is 0 Å². The number of hydrogen-bond donors (Lipinski definition) is 1. The number of allylic oxidation sites excluding steroid dienone is 3. The van der Waals surface area contributed by atoms with Crippen molar-refractivity contribution in [3.8, 4) is 44.5 Å². The fraction of sp³-hybridized carbons (Fsp3) is 0.0526. The van der Waals surface area contributed by atoms with Crippen LogP contribution in [0.4, 0.5) is 22.7 Å². The zero-order chi connectivity index (χ0) is 40.6. The smallest absolute Gasteiger partial charge is 0.0618 e. The molecule has 0 saturated heterocycles. The van der Waals surface area contributed by atoms with Gasteiger partial charge >= 0.3 is 0 Å². The molecule has 2 nitrogen and oxygen atoms in total. The molecule has 0 heterocycles. The van der Waals surface area contributed by atoms with Crippen molar-refractivity contribution in [2.75, 3.05) is 10.2 Å². The molecule has 0 saturated carbocycles. The van der Waals surface area contributed by atoms with Crippen LogP contribution in [0.5, 0.6) is 0 Å². The molecule has 0 unspecified atom stereocenters. The van der Waals surface area contributed by atoms with Gasteiger partial charge in [0.25, 0.3) is 0 Å². The van der Waals surface area contributed by atoms with E-state index in [9.17, 15) is 0 Å². The van der Waals surface area contributed by atoms with Crippen LogP contribution in [0, 0.1) is 0 Å². The van der Waals surface area contributed by atoms with Crippen LogP contribution in [-0.4, -0.2) is 0 Å². The van der Waals surface area contributed by atoms with Gasteiger partial charge < -0.3 is 10.2 Å². The molecule has 9 rings (SSSR count). The second-order valence-electron chi connectivity index (χ2n) is 14.6. The molecule has 59 heavy (non-hydrogen) atoms. The highest BCUT2D eigenvalue weighted by Crippen LogP contribution is 2.48. The Balaban J connectivity index is 0.00000157. The summed E-state index contributed by atoms with van der Waals surface area (Å²) in [7, 11) is 0. The summed E-state index contributed by atoms with van der Waals surface area (Å²) in [5.74, 6) is 0. The average molecular weight is 761 g/mol. The SMILES string of the molecule is C/C=C(\C)Nc1ccc(-c2ccc(-c3ccccc3)cc2)cc1-c1cccc(N(c2ccccc2)c2c3ccccc3c(-c3ccccc3)c3ccccc23)c1.C=CC. The third-order valence-corrected chi connectivity index (χ3v) is 10.7. The van der Waals surface area contributed by atoms with Gasteiger partial charge in [0.15, 0.2) is 0 Å². The van der Waals surface area contributed by atoms with Crippen LogP contribution in [0.25, 0.3) is 66.1 Å². The van der Waals surface area contributed by atoms with Gasteiger partial charge in [0.1, 0.15) is 0 Å². The van der Waals surface area contributed by atoms with Crippen molar-refractivity contribution in [1.82, 2.24) is 0 Å². The monoisotopic (exact) mass is 760 g/mol. The molecular formula is C57H48N2. The Kier molecular flexibility index (Phi) is 11.6. The highest BCUT2D eigenvalue weighted by Gasteiger charge is 2.22. The van der Waals surface area contributed by atoms with Gasteiger partial charge in [0, 0.05) is 39.1 Å². The van der Waals surface area contributed by atoms with E-state index in [1.807, 2.05) is 6.92 Å². The summed E-state index contributed by atoms with van der Waals surface area (Å²) in [4.78, 5) is 2.44. The summed E-state index contributed by atoms with van der Waals surface area (Å²) in [5, 5.41) is 8.55. The van der Waals surface area contributed by atoms with E-state index in [0.29, 0.717) is 0 Å². The van der Waals surface area contributed by atoms with Crippen LogP contribution in [0.15, 0.2) is 231 Å². The Hall–Kier alpha value is -7.42. The van der Waals surface area contributed by atoms with Crippen molar-refractivity contribution in [1.29, 1.82) is 0 Å². The maximum Gasteiger partial charge on any atom is 0.0618 e. The molecule has 0 aliphatic heterocycles. The molecule has 286 valence electrons. The van der Waals surface area contributed by atoms with E-state index in [2.05, 4.69) is 243 Å². The molecule has 1 N–H and O–H groups in total. The van der Waals surface area contributed by atoms with Gasteiger partial charge in [-0.1, -0.05) is 182 Å². The van der Waals surface area contributed by atoms with Crippen LogP contribution in [0.1, 0.15) is 20.8 Å². The first-order chi connectivity index (χ1) is 29.1. The predicted molar refractivity (Wildman–Crippen MR) is 257 cm³/mol. The molecule has 0 radical (unpaired) electrons. The fourth-order valence-electron chi connectivity index (χ4n) is 7.90. The summed E-state index contributed by atoms with van der Waals surface area (Å²) in [6.45, 7) is 9.43. The highest BCUT2D eigenvalue weighted by molar-refractivity contribution is 6.22. The summed E-state index contributed by atoms with van der Waals surface area (Å²) in [6, 6.07) is 74.5. The van der Waals surface area contributed by atoms with Gasteiger partial charge in [-0.25, -0.2) is 0 Å². The average Bonchev–Trinajstić information content (AvgIpc) is 3.30. The first-order valence-corrected chi connectivity index (χ1v) is 20.3. The lowest BCUT2D eigenvalue weighted by atomic mass is 9.90. The second-order valence-corrected chi connectivity index (χ2v) is 14.6. The zero-order valence-corrected chi connectivity index (χ0v) is 33.9. The maximum atomic E-state index is 3.70. The summed E-state index contributed by atoms with van der Waals surface area (Å²) in [5.41, 5.74) is 15.0. The largest absolute Gasteiger partial charge is 0.359 e. The van der Waals surface area contributed by atoms with Crippen molar-refractivity contribution in [3.05, 3.63) is 231 Å². The lowest BCUT2D eigenvalue weighted by Gasteiger charge is -2.30. The van der Waals surface area contributed by atoms with E-state index in [4.69, 9.17) is 0 Å². The van der Waals surface area contributed by atoms with Gasteiger partial charge in [-0.05, 0) is 107 Å². The van der Waals surface area contributed by atoms with E-state index < -0.39 is 0 Å². The minimum Gasteiger partial charge on any atom is -0.359 e. The van der Waals surface area contributed by atoms with Crippen LogP contribution in [0.3, 0.4) is 0 Å². The molecule has 0 atom stereocenters. The number of fused-ring (bicyclic) bond motifs is 2. The van der Waals surface area contributed by atoms with Gasteiger partial charge in [0.05, 0.1) is 5.69 Å². The number of para-hydroxylation sites is 1. The standard InChI is InChI=1S/C54H42N2.C3H6/c1-3-38(2)55-52-35-34-43(41-32-30-40(31-33-41)39-18-7-4-8-19-39)37-51(52)44-22-17-25-46(36-44)56(45-23-11-6-12-24-45)54-49-28-15-13-26-47(49)53(42-20-9-5-10-21-42)48-27-14-16-29-50(48)54;1-3-2/h3-37,55H,1-2H3;3H,1H2,2H3/b38-3+;. The molecule has 2 heteroatoms. The van der Waals surface area contributed by atoms with Gasteiger partial charge in [-0.2, -0.15) is 0 Å². The number of nitrogens with one attached hydrogen (secondary N) is 1. The first-order valence-electron chi connectivity index (χ1n) is 20.3. The van der Waals surface area contributed by atoms with Gasteiger partial charge in [-0.3, -0.25) is 0 Å². The van der Waals surface area contributed by atoms with Crippen LogP contribution in [-0.2, 0) is 0 Å². The third kappa shape index (κ3) is 8.08. The Morgan fingerprint density at radius 2 is 0.881 bits per heavy atom. The van der Waals surface area contributed by atoms with E-state index in [1.54, 1.807) is 6.08 Å². The van der Waals surface area contributed by atoms with E-state index in [1.165, 1.54) is 54.9 Å². The minimum atomic E-state index is 1.07. The van der Waals surface area contributed by atoms with Crippen LogP contribution in [0.2, 0.25) is 0 Å². The second kappa shape index (κ2) is 17.8. The molecule has 9 aromatic rings. The Bertz CT molecular complexity index is 2820. The van der Waals surface area contributed by atoms with Gasteiger partial charge in [-0.15, -0.1) is 6.58 Å². The predicted octanol–water partition coefficient (Wildman–Crippen LogP) is 16.7. The molecule has 0 bridgehead atoms. The highest BCUT2D eigenvalue weighted by atomic mass is 15.1. The number of benzene rings is 9. The summed E-state index contributed by atoms with van der Waals surface area (Å²) in [6.07, 6.45) is 3.86. The Morgan fingerprint density at radius 1 is 0.441 bits per heavy atom. The number of anilines is 4. The molecule has 0 fully saturated rings. The molecule has 0 aliphatic carbocycles. The van der Waals surface area contributed by atoms with Crippen molar-refractivity contribution < 1.29 is 0 Å². The van der Waals surface area contributed by atoms with Crippen molar-refractivity contribution in [3.63, 3.8) is 0 Å². The molecule has 0 aliphatic rings. The van der Waals surface area contributed by atoms with Gasteiger partial charge in [0.2, 0.25) is 0 Å². The minimum absolute atomic E-state index is 1.07. The van der Waals surface area contributed by atoms with E-state index in [-0.39, 0.29) is 0 Å². The van der Waals surface area contributed by atoms with E-state index >= 15 is 0 Å². The normalized spacial score (nSPS) is 11.1. The van der Waals surface area contributed by atoms with E-state index in [0.717, 1.165) is 39.6 Å². The summed E-state index contributed by atoms with van der Waals surface area (Å²) >= 11 is 0. The number of nitrogens with zero attached hydrogens (tertiary/aromatic N) is 1. The van der Waals surface area contributed by atoms with Crippen LogP contribution < -0.4 is 10.2 Å². The lowest BCUT2D eigenvalue weighted by molar-refractivity contribution is 1.31. The molecule has 0 aromatic heterocycles. The molecule has 9 aromatic carbocycles. The zero-order valence-electron chi connectivity index (χ0n) is 33.9. The third-order valence-electron chi connectivity index (χ3n) is 10.7. The number of hydrogen-bond acceptors (Lipinski definition) is 2. The molecule has 0 amide bonds. The molecule has 0 spiro atoms. The Morgan fingerprint density at radius 3 is 1.46 bits per heavy atom. The van der Waals surface area contributed by atoms with Crippen LogP contribution >= 0.6 is 0 Å².